The van der Waals surface area contributed by atoms with Gasteiger partial charge in [0.25, 0.3) is 0 Å². The van der Waals surface area contributed by atoms with E-state index in [0.717, 1.165) is 12.1 Å². The van der Waals surface area contributed by atoms with E-state index in [1.54, 1.807) is 13.8 Å². The second-order valence-corrected chi connectivity index (χ2v) is 5.21. The van der Waals surface area contributed by atoms with Crippen LogP contribution in [0.15, 0.2) is 18.2 Å². The molecule has 0 unspecified atom stereocenters. The fourth-order valence-electron chi connectivity index (χ4n) is 1.34. The van der Waals surface area contributed by atoms with Gasteiger partial charge in [0.05, 0.1) is 10.6 Å². The fourth-order valence-corrected chi connectivity index (χ4v) is 1.68. The minimum absolute atomic E-state index is 0.0236. The van der Waals surface area contributed by atoms with Gasteiger partial charge in [-0.15, -0.1) is 11.6 Å². The molecule has 0 spiro atoms. The van der Waals surface area contributed by atoms with Gasteiger partial charge in [-0.3, -0.25) is 4.79 Å². The van der Waals surface area contributed by atoms with E-state index in [9.17, 15) is 18.0 Å². The molecule has 0 saturated heterocycles. The lowest BCUT2D eigenvalue weighted by atomic mass is 9.86. The summed E-state index contributed by atoms with van der Waals surface area (Å²) >= 11 is 11.1. The molecule has 1 rings (SSSR count). The number of alkyl halides is 4. The summed E-state index contributed by atoms with van der Waals surface area (Å²) in [6.45, 7) is 3.15. The highest BCUT2D eigenvalue weighted by Crippen LogP contribution is 2.36. The van der Waals surface area contributed by atoms with E-state index in [1.165, 1.54) is 6.07 Å². The number of halogens is 5. The summed E-state index contributed by atoms with van der Waals surface area (Å²) in [4.78, 5) is 12.0. The number of rotatable bonds is 3. The van der Waals surface area contributed by atoms with Crippen LogP contribution in [-0.4, -0.2) is 11.7 Å². The highest BCUT2D eigenvalue weighted by atomic mass is 35.5. The molecule has 0 saturated carbocycles. The number of ketones is 1. The van der Waals surface area contributed by atoms with E-state index in [2.05, 4.69) is 0 Å². The predicted octanol–water partition coefficient (Wildman–Crippen LogP) is 4.81. The van der Waals surface area contributed by atoms with Crippen molar-refractivity contribution < 1.29 is 18.0 Å². The van der Waals surface area contributed by atoms with E-state index in [-0.39, 0.29) is 11.4 Å². The van der Waals surface area contributed by atoms with Gasteiger partial charge in [0.1, 0.15) is 0 Å². The lowest BCUT2D eigenvalue weighted by Gasteiger charge is -2.20. The van der Waals surface area contributed by atoms with Gasteiger partial charge >= 0.3 is 6.18 Å². The number of Topliss-reactive ketones (excluding diaryl/α,β-unsaturated/α-hetero) is 1. The molecule has 1 aromatic rings. The van der Waals surface area contributed by atoms with Gasteiger partial charge in [-0.1, -0.05) is 25.4 Å². The summed E-state index contributed by atoms with van der Waals surface area (Å²) in [6.07, 6.45) is -4.58. The van der Waals surface area contributed by atoms with Crippen molar-refractivity contribution in [1.29, 1.82) is 0 Å². The summed E-state index contributed by atoms with van der Waals surface area (Å²) in [5.74, 6) is -0.421. The van der Waals surface area contributed by atoms with Crippen molar-refractivity contribution in [1.82, 2.24) is 0 Å². The normalized spacial score (nSPS) is 12.6. The summed E-state index contributed by atoms with van der Waals surface area (Å²) in [5.41, 5.74) is -1.98. The topological polar surface area (TPSA) is 17.1 Å². The van der Waals surface area contributed by atoms with Crippen LogP contribution >= 0.6 is 23.2 Å². The van der Waals surface area contributed by atoms with Crippen molar-refractivity contribution in [2.24, 2.45) is 5.41 Å². The van der Waals surface area contributed by atoms with Gasteiger partial charge < -0.3 is 0 Å². The molecule has 0 radical (unpaired) electrons. The molecule has 0 aliphatic carbocycles. The first-order chi connectivity index (χ1) is 8.09. The lowest BCUT2D eigenvalue weighted by Crippen LogP contribution is -2.26. The Labute approximate surface area is 113 Å². The van der Waals surface area contributed by atoms with Crippen molar-refractivity contribution in [3.63, 3.8) is 0 Å². The SMILES string of the molecule is CC(C)(CCl)C(=O)c1ccc(Cl)c(C(F)(F)F)c1. The molecule has 6 heteroatoms. The smallest absolute Gasteiger partial charge is 0.294 e. The highest BCUT2D eigenvalue weighted by molar-refractivity contribution is 6.31. The molecule has 1 aromatic carbocycles. The van der Waals surface area contributed by atoms with E-state index in [4.69, 9.17) is 23.2 Å². The largest absolute Gasteiger partial charge is 0.417 e. The second-order valence-electron chi connectivity index (χ2n) is 4.54. The van der Waals surface area contributed by atoms with Crippen LogP contribution in [0.3, 0.4) is 0 Å². The average Bonchev–Trinajstić information content (AvgIpc) is 2.27. The monoisotopic (exact) mass is 298 g/mol. The van der Waals surface area contributed by atoms with Crippen LogP contribution < -0.4 is 0 Å². The maximum absolute atomic E-state index is 12.6. The van der Waals surface area contributed by atoms with Gasteiger partial charge in [-0.2, -0.15) is 13.2 Å². The molecule has 0 aliphatic heterocycles. The Hall–Kier alpha value is -0.740. The third-order valence-corrected chi connectivity index (χ3v) is 3.48. The molecule has 18 heavy (non-hydrogen) atoms. The number of benzene rings is 1. The van der Waals surface area contributed by atoms with E-state index < -0.39 is 28.0 Å². The lowest BCUT2D eigenvalue weighted by molar-refractivity contribution is -0.137. The Bertz CT molecular complexity index is 467. The summed E-state index contributed by atoms with van der Waals surface area (Å²) < 4.78 is 37.9. The van der Waals surface area contributed by atoms with E-state index in [1.807, 2.05) is 0 Å². The van der Waals surface area contributed by atoms with Crippen LogP contribution in [0, 0.1) is 5.41 Å². The van der Waals surface area contributed by atoms with Gasteiger partial charge in [0.15, 0.2) is 5.78 Å². The fraction of sp³-hybridized carbons (Fsp3) is 0.417. The average molecular weight is 299 g/mol. The van der Waals surface area contributed by atoms with Crippen molar-refractivity contribution >= 4 is 29.0 Å². The van der Waals surface area contributed by atoms with Crippen molar-refractivity contribution in [3.05, 3.63) is 34.3 Å². The molecule has 0 heterocycles. The molecule has 0 atom stereocenters. The number of hydrogen-bond donors (Lipinski definition) is 0. The van der Waals surface area contributed by atoms with Crippen LogP contribution in [0.4, 0.5) is 13.2 Å². The Morgan fingerprint density at radius 3 is 2.28 bits per heavy atom. The Balaban J connectivity index is 3.26. The minimum atomic E-state index is -4.58. The zero-order chi connectivity index (χ0) is 14.1. The van der Waals surface area contributed by atoms with Crippen LogP contribution in [0.25, 0.3) is 0 Å². The molecule has 0 amide bonds. The minimum Gasteiger partial charge on any atom is -0.294 e. The Kier molecular flexibility index (Phi) is 4.34. The molecule has 100 valence electrons. The third kappa shape index (κ3) is 3.18. The molecule has 0 aromatic heterocycles. The van der Waals surface area contributed by atoms with Crippen LogP contribution in [0.5, 0.6) is 0 Å². The molecular formula is C12H11Cl2F3O. The van der Waals surface area contributed by atoms with Crippen LogP contribution in [0.1, 0.15) is 29.8 Å². The number of carbonyl (C=O) groups excluding carboxylic acids is 1. The molecule has 0 bridgehead atoms. The Morgan fingerprint density at radius 1 is 1.28 bits per heavy atom. The van der Waals surface area contributed by atoms with E-state index >= 15 is 0 Å². The predicted molar refractivity (Wildman–Crippen MR) is 65.3 cm³/mol. The summed E-state index contributed by atoms with van der Waals surface area (Å²) in [6, 6.07) is 3.11. The zero-order valence-electron chi connectivity index (χ0n) is 9.74. The first-order valence-electron chi connectivity index (χ1n) is 5.07. The van der Waals surface area contributed by atoms with Crippen LogP contribution in [0.2, 0.25) is 5.02 Å². The molecule has 0 N–H and O–H groups in total. The molecule has 1 nitrogen and oxygen atoms in total. The molecular weight excluding hydrogens is 288 g/mol. The van der Waals surface area contributed by atoms with Crippen molar-refractivity contribution in [2.45, 2.75) is 20.0 Å². The molecule has 0 fully saturated rings. The standard InChI is InChI=1S/C12H11Cl2F3O/c1-11(2,6-13)10(18)7-3-4-9(14)8(5-7)12(15,16)17/h3-5H,6H2,1-2H3. The van der Waals surface area contributed by atoms with Crippen LogP contribution in [-0.2, 0) is 6.18 Å². The zero-order valence-corrected chi connectivity index (χ0v) is 11.2. The van der Waals surface area contributed by atoms with Gasteiger partial charge in [-0.05, 0) is 18.2 Å². The number of carbonyl (C=O) groups is 1. The maximum Gasteiger partial charge on any atom is 0.417 e. The highest BCUT2D eigenvalue weighted by Gasteiger charge is 2.35. The second kappa shape index (κ2) is 5.10. The van der Waals surface area contributed by atoms with Gasteiger partial charge in [-0.25, -0.2) is 0 Å². The summed E-state index contributed by atoms with van der Waals surface area (Å²) in [7, 11) is 0. The van der Waals surface area contributed by atoms with E-state index in [0.29, 0.717) is 0 Å². The quantitative estimate of drug-likeness (QED) is 0.578. The number of hydrogen-bond acceptors (Lipinski definition) is 1. The van der Waals surface area contributed by atoms with Crippen molar-refractivity contribution in [3.8, 4) is 0 Å². The first kappa shape index (κ1) is 15.3. The third-order valence-electron chi connectivity index (χ3n) is 2.48. The maximum atomic E-state index is 12.6. The van der Waals surface area contributed by atoms with Crippen molar-refractivity contribution in [2.75, 3.05) is 5.88 Å². The van der Waals surface area contributed by atoms with Gasteiger partial charge in [0.2, 0.25) is 0 Å². The first-order valence-corrected chi connectivity index (χ1v) is 5.98. The summed E-state index contributed by atoms with van der Waals surface area (Å²) in [5, 5.41) is -0.428. The van der Waals surface area contributed by atoms with Gasteiger partial charge in [0, 0.05) is 16.9 Å². The Morgan fingerprint density at radius 2 is 1.83 bits per heavy atom. The molecule has 0 aliphatic rings.